The predicted octanol–water partition coefficient (Wildman–Crippen LogP) is 3.14. The van der Waals surface area contributed by atoms with Crippen molar-refractivity contribution in [2.45, 2.75) is 19.1 Å². The molecule has 0 amide bonds. The number of anilines is 2. The summed E-state index contributed by atoms with van der Waals surface area (Å²) in [5.74, 6) is 1.13. The van der Waals surface area contributed by atoms with Crippen LogP contribution in [0.25, 0.3) is 10.9 Å². The largest absolute Gasteiger partial charge is 0.469 e. The van der Waals surface area contributed by atoms with Gasteiger partial charge in [-0.1, -0.05) is 0 Å². The first-order chi connectivity index (χ1) is 15.2. The monoisotopic (exact) mass is 456 g/mol. The van der Waals surface area contributed by atoms with Crippen LogP contribution in [0, 0.1) is 6.92 Å². The number of hydrogen-bond acceptors (Lipinski definition) is 9. The molecule has 170 valence electrons. The molecule has 32 heavy (non-hydrogen) atoms. The molecule has 3 aromatic rings. The van der Waals surface area contributed by atoms with Gasteiger partial charge >= 0.3 is 0 Å². The van der Waals surface area contributed by atoms with E-state index in [0.717, 1.165) is 24.0 Å². The van der Waals surface area contributed by atoms with Gasteiger partial charge in [0.1, 0.15) is 30.0 Å². The molecular weight excluding hydrogens is 428 g/mol. The minimum Gasteiger partial charge on any atom is -0.469 e. The van der Waals surface area contributed by atoms with Gasteiger partial charge in [-0.25, -0.2) is 19.2 Å². The topological polar surface area (TPSA) is 102 Å². The Morgan fingerprint density at radius 2 is 1.97 bits per heavy atom. The Morgan fingerprint density at radius 1 is 1.19 bits per heavy atom. The number of likely N-dealkylation sites (tertiary alicyclic amines) is 1. The van der Waals surface area contributed by atoms with Crippen LogP contribution in [-0.2, 0) is 14.5 Å². The number of rotatable bonds is 6. The van der Waals surface area contributed by atoms with Gasteiger partial charge in [0.25, 0.3) is 0 Å². The van der Waals surface area contributed by atoms with E-state index in [1.54, 1.807) is 25.8 Å². The maximum atomic E-state index is 12.1. The van der Waals surface area contributed by atoms with Crippen molar-refractivity contribution in [2.24, 2.45) is 4.36 Å². The number of pyridine rings is 1. The first-order valence-electron chi connectivity index (χ1n) is 10.3. The van der Waals surface area contributed by atoms with Gasteiger partial charge in [0.15, 0.2) is 0 Å². The number of aromatic nitrogens is 3. The molecular formula is C22H28N6O3S. The van der Waals surface area contributed by atoms with Gasteiger partial charge in [0.05, 0.1) is 11.2 Å². The highest BCUT2D eigenvalue weighted by Crippen LogP contribution is 2.33. The average Bonchev–Trinajstić information content (AvgIpc) is 3.07. The molecule has 10 heteroatoms. The van der Waals surface area contributed by atoms with Crippen molar-refractivity contribution in [1.29, 1.82) is 0 Å². The SMILES string of the molecule is COC1CN(C)C[C@H]1Oc1ncccc1Nc1ncnc2cc(N=S(C)(C)=O)cc(C)c12. The molecule has 0 spiro atoms. The van der Waals surface area contributed by atoms with Crippen molar-refractivity contribution in [2.75, 3.05) is 45.1 Å². The van der Waals surface area contributed by atoms with Crippen molar-refractivity contribution < 1.29 is 13.7 Å². The van der Waals surface area contributed by atoms with Crippen LogP contribution in [-0.4, -0.2) is 76.0 Å². The summed E-state index contributed by atoms with van der Waals surface area (Å²) in [6.45, 7) is 3.53. The number of benzene rings is 1. The number of fused-ring (bicyclic) bond motifs is 1. The normalized spacial score (nSPS) is 19.3. The predicted molar refractivity (Wildman–Crippen MR) is 127 cm³/mol. The van der Waals surface area contributed by atoms with E-state index in [2.05, 4.69) is 29.5 Å². The molecule has 1 fully saturated rings. The van der Waals surface area contributed by atoms with Crippen LogP contribution in [0.4, 0.5) is 17.2 Å². The van der Waals surface area contributed by atoms with Gasteiger partial charge in [-0.2, -0.15) is 4.36 Å². The fourth-order valence-corrected chi connectivity index (χ4v) is 4.50. The van der Waals surface area contributed by atoms with Crippen molar-refractivity contribution >= 4 is 37.8 Å². The number of aryl methyl sites for hydroxylation is 1. The highest BCUT2D eigenvalue weighted by Gasteiger charge is 2.33. The zero-order chi connectivity index (χ0) is 22.9. The highest BCUT2D eigenvalue weighted by atomic mass is 32.2. The van der Waals surface area contributed by atoms with Crippen LogP contribution in [0.15, 0.2) is 41.2 Å². The molecule has 0 saturated carbocycles. The average molecular weight is 457 g/mol. The van der Waals surface area contributed by atoms with Crippen molar-refractivity contribution in [3.63, 3.8) is 0 Å². The van der Waals surface area contributed by atoms with E-state index in [0.29, 0.717) is 28.6 Å². The van der Waals surface area contributed by atoms with Crippen molar-refractivity contribution in [3.05, 3.63) is 42.4 Å². The van der Waals surface area contributed by atoms with Crippen LogP contribution >= 0.6 is 0 Å². The van der Waals surface area contributed by atoms with Gasteiger partial charge in [-0.15, -0.1) is 0 Å². The van der Waals surface area contributed by atoms with Crippen LogP contribution in [0.2, 0.25) is 0 Å². The molecule has 1 aliphatic heterocycles. The number of likely N-dealkylation sites (N-methyl/N-ethyl adjacent to an activating group) is 1. The molecule has 1 aliphatic rings. The maximum Gasteiger partial charge on any atom is 0.238 e. The summed E-state index contributed by atoms with van der Waals surface area (Å²) in [6.07, 6.45) is 6.27. The van der Waals surface area contributed by atoms with Gasteiger partial charge in [-0.05, 0) is 43.8 Å². The number of hydrogen-bond donors (Lipinski definition) is 1. The molecule has 0 aliphatic carbocycles. The molecule has 0 radical (unpaired) electrons. The molecule has 4 rings (SSSR count). The third-order valence-corrected chi connectivity index (χ3v) is 5.88. The lowest BCUT2D eigenvalue weighted by atomic mass is 10.1. The van der Waals surface area contributed by atoms with E-state index in [-0.39, 0.29) is 12.2 Å². The van der Waals surface area contributed by atoms with Gasteiger partial charge in [0.2, 0.25) is 5.88 Å². The Hall–Kier alpha value is -2.82. The fraction of sp³-hybridized carbons (Fsp3) is 0.409. The number of methoxy groups -OCH3 is 1. The van der Waals surface area contributed by atoms with Crippen molar-refractivity contribution in [3.8, 4) is 5.88 Å². The molecule has 0 bridgehead atoms. The fourth-order valence-electron chi connectivity index (χ4n) is 3.89. The Balaban J connectivity index is 1.68. The van der Waals surface area contributed by atoms with Crippen LogP contribution < -0.4 is 10.1 Å². The van der Waals surface area contributed by atoms with Crippen LogP contribution in [0.1, 0.15) is 5.56 Å². The Morgan fingerprint density at radius 3 is 2.72 bits per heavy atom. The van der Waals surface area contributed by atoms with E-state index in [9.17, 15) is 4.21 Å². The van der Waals surface area contributed by atoms with E-state index in [1.807, 2.05) is 38.2 Å². The zero-order valence-electron chi connectivity index (χ0n) is 18.9. The van der Waals surface area contributed by atoms with E-state index < -0.39 is 9.73 Å². The number of nitrogens with zero attached hydrogens (tertiary/aromatic N) is 5. The molecule has 1 saturated heterocycles. The molecule has 1 unspecified atom stereocenters. The Kier molecular flexibility index (Phi) is 6.27. The van der Waals surface area contributed by atoms with Gasteiger partial charge in [-0.3, -0.25) is 4.90 Å². The molecule has 2 aromatic heterocycles. The second-order valence-electron chi connectivity index (χ2n) is 8.28. The lowest BCUT2D eigenvalue weighted by Crippen LogP contribution is -2.32. The molecule has 1 N–H and O–H groups in total. The minimum atomic E-state index is -2.27. The zero-order valence-corrected chi connectivity index (χ0v) is 19.7. The molecule has 3 heterocycles. The summed E-state index contributed by atoms with van der Waals surface area (Å²) < 4.78 is 28.2. The maximum absolute atomic E-state index is 12.1. The summed E-state index contributed by atoms with van der Waals surface area (Å²) in [6, 6.07) is 7.46. The smallest absolute Gasteiger partial charge is 0.238 e. The third kappa shape index (κ3) is 4.98. The number of ether oxygens (including phenoxy) is 2. The lowest BCUT2D eigenvalue weighted by molar-refractivity contribution is 0.0325. The highest BCUT2D eigenvalue weighted by molar-refractivity contribution is 7.92. The summed E-state index contributed by atoms with van der Waals surface area (Å²) in [4.78, 5) is 15.5. The van der Waals surface area contributed by atoms with E-state index >= 15 is 0 Å². The third-order valence-electron chi connectivity index (χ3n) is 5.23. The summed E-state index contributed by atoms with van der Waals surface area (Å²) in [5.41, 5.74) is 2.98. The van der Waals surface area contributed by atoms with Gasteiger partial charge in [0, 0.05) is 54.0 Å². The second kappa shape index (κ2) is 8.97. The second-order valence-corrected chi connectivity index (χ2v) is 10.8. The van der Waals surface area contributed by atoms with Crippen LogP contribution in [0.3, 0.4) is 0 Å². The first kappa shape index (κ1) is 22.4. The van der Waals surface area contributed by atoms with Crippen LogP contribution in [0.5, 0.6) is 5.88 Å². The number of nitrogens with one attached hydrogen (secondary N) is 1. The summed E-state index contributed by atoms with van der Waals surface area (Å²) >= 11 is 0. The Bertz CT molecular complexity index is 1250. The van der Waals surface area contributed by atoms with E-state index in [4.69, 9.17) is 9.47 Å². The quantitative estimate of drug-likeness (QED) is 0.604. The molecule has 1 aromatic carbocycles. The summed E-state index contributed by atoms with van der Waals surface area (Å²) in [5, 5.41) is 4.22. The molecule has 2 atom stereocenters. The van der Waals surface area contributed by atoms with E-state index in [1.165, 1.54) is 6.33 Å². The Labute approximate surface area is 188 Å². The summed E-state index contributed by atoms with van der Waals surface area (Å²) in [7, 11) is 1.47. The minimum absolute atomic E-state index is 0.0217. The molecule has 9 nitrogen and oxygen atoms in total. The van der Waals surface area contributed by atoms with Crippen molar-refractivity contribution in [1.82, 2.24) is 19.9 Å². The standard InChI is InChI=1S/C22H28N6O3S/c1-14-9-15(27-32(4,5)29)10-17-20(14)21(25-13-24-17)26-16-7-6-8-23-22(16)31-19-12-28(2)11-18(19)30-3/h6-10,13,18-19H,11-12H2,1-5H3,(H,24,25,26)/t18?,19-/m1/s1. The first-order valence-corrected chi connectivity index (χ1v) is 12.6. The van der Waals surface area contributed by atoms with Gasteiger partial charge < -0.3 is 14.8 Å². The lowest BCUT2D eigenvalue weighted by Gasteiger charge is -2.20.